The third kappa shape index (κ3) is 3.15. The molecule has 3 nitrogen and oxygen atoms in total. The van der Waals surface area contributed by atoms with E-state index in [0.29, 0.717) is 0 Å². The number of hydrogen-bond donors (Lipinski definition) is 3. The molecule has 1 unspecified atom stereocenters. The summed E-state index contributed by atoms with van der Waals surface area (Å²) in [5.74, 6) is -0.135. The smallest absolute Gasteiger partial charge is 0.264 e. The fourth-order valence-corrected chi connectivity index (χ4v) is 1.55. The second-order valence-corrected chi connectivity index (χ2v) is 3.61. The first-order valence-corrected chi connectivity index (χ1v) is 4.99. The lowest BCUT2D eigenvalue weighted by molar-refractivity contribution is 0.149. The van der Waals surface area contributed by atoms with Crippen molar-refractivity contribution in [3.63, 3.8) is 0 Å². The van der Waals surface area contributed by atoms with Gasteiger partial charge in [0.1, 0.15) is 5.75 Å². The van der Waals surface area contributed by atoms with E-state index in [1.807, 2.05) is 0 Å². The second-order valence-electron chi connectivity index (χ2n) is 3.61. The lowest BCUT2D eigenvalue weighted by Gasteiger charge is -2.16. The molecule has 1 aromatic carbocycles. The zero-order valence-electron chi connectivity index (χ0n) is 8.95. The van der Waals surface area contributed by atoms with Crippen LogP contribution in [0, 0.1) is 0 Å². The molecule has 0 spiro atoms. The SMILES string of the molecule is CC(Cc1c(O)cccc1C(F)F)NCO. The Labute approximate surface area is 92.7 Å². The Morgan fingerprint density at radius 1 is 1.38 bits per heavy atom. The van der Waals surface area contributed by atoms with Gasteiger partial charge in [-0.25, -0.2) is 8.78 Å². The van der Waals surface area contributed by atoms with Gasteiger partial charge in [0, 0.05) is 17.2 Å². The largest absolute Gasteiger partial charge is 0.508 e. The number of alkyl halides is 2. The number of hydrogen-bond acceptors (Lipinski definition) is 3. The third-order valence-electron chi connectivity index (χ3n) is 2.37. The summed E-state index contributed by atoms with van der Waals surface area (Å²) < 4.78 is 25.3. The van der Waals surface area contributed by atoms with Gasteiger partial charge in [0.2, 0.25) is 0 Å². The lowest BCUT2D eigenvalue weighted by atomic mass is 10.00. The van der Waals surface area contributed by atoms with Crippen LogP contribution in [0.5, 0.6) is 5.75 Å². The van der Waals surface area contributed by atoms with Crippen LogP contribution in [-0.2, 0) is 6.42 Å². The quantitative estimate of drug-likeness (QED) is 0.677. The molecule has 1 aromatic rings. The van der Waals surface area contributed by atoms with Gasteiger partial charge in [-0.05, 0) is 19.4 Å². The minimum absolute atomic E-state index is 0.135. The summed E-state index contributed by atoms with van der Waals surface area (Å²) in [5, 5.41) is 20.9. The predicted octanol–water partition coefficient (Wildman–Crippen LogP) is 1.80. The molecular weight excluding hydrogens is 216 g/mol. The van der Waals surface area contributed by atoms with Crippen LogP contribution in [-0.4, -0.2) is 23.0 Å². The van der Waals surface area contributed by atoms with Gasteiger partial charge in [-0.15, -0.1) is 0 Å². The normalized spacial score (nSPS) is 13.1. The number of aliphatic hydroxyl groups is 1. The Hall–Kier alpha value is -1.20. The van der Waals surface area contributed by atoms with Crippen LogP contribution < -0.4 is 5.32 Å². The monoisotopic (exact) mass is 231 g/mol. The fourth-order valence-electron chi connectivity index (χ4n) is 1.55. The van der Waals surface area contributed by atoms with Gasteiger partial charge in [0.25, 0.3) is 6.43 Å². The van der Waals surface area contributed by atoms with Crippen LogP contribution in [0.2, 0.25) is 0 Å². The average molecular weight is 231 g/mol. The maximum absolute atomic E-state index is 12.7. The predicted molar refractivity (Wildman–Crippen MR) is 56.5 cm³/mol. The molecule has 0 aromatic heterocycles. The molecule has 0 saturated heterocycles. The van der Waals surface area contributed by atoms with Crippen molar-refractivity contribution in [3.05, 3.63) is 29.3 Å². The van der Waals surface area contributed by atoms with Crippen LogP contribution >= 0.6 is 0 Å². The van der Waals surface area contributed by atoms with E-state index >= 15 is 0 Å². The third-order valence-corrected chi connectivity index (χ3v) is 2.37. The zero-order chi connectivity index (χ0) is 12.1. The Kier molecular flexibility index (Phi) is 4.64. The zero-order valence-corrected chi connectivity index (χ0v) is 8.95. The minimum atomic E-state index is -2.61. The number of aliphatic hydroxyl groups excluding tert-OH is 1. The lowest BCUT2D eigenvalue weighted by Crippen LogP contribution is -2.29. The molecular formula is C11H15F2NO2. The standard InChI is InChI=1S/C11H15F2NO2/c1-7(14-6-15)5-9-8(11(12)13)3-2-4-10(9)16/h2-4,7,11,14-16H,5-6H2,1H3. The first-order chi connectivity index (χ1) is 7.56. The van der Waals surface area contributed by atoms with E-state index < -0.39 is 6.43 Å². The van der Waals surface area contributed by atoms with Gasteiger partial charge < -0.3 is 10.2 Å². The Balaban J connectivity index is 2.92. The molecule has 3 N–H and O–H groups in total. The molecule has 0 heterocycles. The van der Waals surface area contributed by atoms with Gasteiger partial charge in [0.15, 0.2) is 0 Å². The first kappa shape index (κ1) is 12.9. The van der Waals surface area contributed by atoms with Crippen molar-refractivity contribution in [2.75, 3.05) is 6.73 Å². The molecule has 0 aliphatic rings. The van der Waals surface area contributed by atoms with E-state index in [4.69, 9.17) is 5.11 Å². The van der Waals surface area contributed by atoms with Gasteiger partial charge >= 0.3 is 0 Å². The van der Waals surface area contributed by atoms with E-state index in [0.717, 1.165) is 0 Å². The Bertz CT molecular complexity index is 345. The number of halogens is 2. The molecule has 90 valence electrons. The number of nitrogens with one attached hydrogen (secondary N) is 1. The summed E-state index contributed by atoms with van der Waals surface area (Å²) in [6.07, 6.45) is -2.36. The topological polar surface area (TPSA) is 52.5 Å². The summed E-state index contributed by atoms with van der Waals surface area (Å²) in [4.78, 5) is 0. The van der Waals surface area contributed by atoms with Crippen molar-refractivity contribution in [2.45, 2.75) is 25.8 Å². The van der Waals surface area contributed by atoms with Crippen LogP contribution in [0.15, 0.2) is 18.2 Å². The van der Waals surface area contributed by atoms with Crippen molar-refractivity contribution in [1.29, 1.82) is 0 Å². The van der Waals surface area contributed by atoms with Gasteiger partial charge in [-0.2, -0.15) is 0 Å². The van der Waals surface area contributed by atoms with E-state index in [9.17, 15) is 13.9 Å². The van der Waals surface area contributed by atoms with Crippen molar-refractivity contribution in [3.8, 4) is 5.75 Å². The summed E-state index contributed by atoms with van der Waals surface area (Å²) in [5.41, 5.74) is 0.0672. The summed E-state index contributed by atoms with van der Waals surface area (Å²) in [6.45, 7) is 1.52. The number of phenolic OH excluding ortho intramolecular Hbond substituents is 1. The van der Waals surface area contributed by atoms with Crippen molar-refractivity contribution >= 4 is 0 Å². The molecule has 0 amide bonds. The highest BCUT2D eigenvalue weighted by molar-refractivity contribution is 5.40. The highest BCUT2D eigenvalue weighted by atomic mass is 19.3. The number of aromatic hydroxyl groups is 1. The van der Waals surface area contributed by atoms with E-state index in [2.05, 4.69) is 5.32 Å². The first-order valence-electron chi connectivity index (χ1n) is 4.99. The Morgan fingerprint density at radius 2 is 2.06 bits per heavy atom. The maximum atomic E-state index is 12.7. The maximum Gasteiger partial charge on any atom is 0.264 e. The Morgan fingerprint density at radius 3 is 2.62 bits per heavy atom. The highest BCUT2D eigenvalue weighted by Gasteiger charge is 2.17. The summed E-state index contributed by atoms with van der Waals surface area (Å²) in [6, 6.07) is 3.89. The van der Waals surface area contributed by atoms with Crippen LogP contribution in [0.4, 0.5) is 8.78 Å². The molecule has 0 aliphatic heterocycles. The number of rotatable bonds is 5. The van der Waals surface area contributed by atoms with Gasteiger partial charge in [-0.1, -0.05) is 12.1 Å². The van der Waals surface area contributed by atoms with E-state index in [1.54, 1.807) is 6.92 Å². The van der Waals surface area contributed by atoms with E-state index in [1.165, 1.54) is 18.2 Å². The van der Waals surface area contributed by atoms with Crippen molar-refractivity contribution in [1.82, 2.24) is 5.32 Å². The van der Waals surface area contributed by atoms with Gasteiger partial charge in [-0.3, -0.25) is 5.32 Å². The number of phenols is 1. The molecule has 0 bridgehead atoms. The van der Waals surface area contributed by atoms with Crippen LogP contribution in [0.3, 0.4) is 0 Å². The summed E-state index contributed by atoms with van der Waals surface area (Å²) in [7, 11) is 0. The second kappa shape index (κ2) is 5.77. The molecule has 0 aliphatic carbocycles. The molecule has 0 saturated carbocycles. The molecule has 5 heteroatoms. The molecule has 0 fully saturated rings. The molecule has 1 rings (SSSR count). The van der Waals surface area contributed by atoms with E-state index in [-0.39, 0.29) is 36.1 Å². The number of benzene rings is 1. The fraction of sp³-hybridized carbons (Fsp3) is 0.455. The van der Waals surface area contributed by atoms with Crippen LogP contribution in [0.25, 0.3) is 0 Å². The average Bonchev–Trinajstić information content (AvgIpc) is 2.21. The minimum Gasteiger partial charge on any atom is -0.508 e. The summed E-state index contributed by atoms with van der Waals surface area (Å²) >= 11 is 0. The van der Waals surface area contributed by atoms with Crippen LogP contribution in [0.1, 0.15) is 24.5 Å². The molecule has 0 radical (unpaired) electrons. The van der Waals surface area contributed by atoms with Crippen molar-refractivity contribution in [2.24, 2.45) is 0 Å². The van der Waals surface area contributed by atoms with Gasteiger partial charge in [0.05, 0.1) is 6.73 Å². The molecule has 1 atom stereocenters. The highest BCUT2D eigenvalue weighted by Crippen LogP contribution is 2.29. The van der Waals surface area contributed by atoms with Crippen molar-refractivity contribution < 1.29 is 19.0 Å². The molecule has 16 heavy (non-hydrogen) atoms.